The van der Waals surface area contributed by atoms with Gasteiger partial charge in [-0.3, -0.25) is 0 Å². The van der Waals surface area contributed by atoms with Crippen LogP contribution in [-0.4, -0.2) is 12.6 Å². The maximum atomic E-state index is 6.10. The molecule has 1 aromatic carbocycles. The fourth-order valence-corrected chi connectivity index (χ4v) is 2.23. The van der Waals surface area contributed by atoms with Gasteiger partial charge < -0.3 is 10.5 Å². The van der Waals surface area contributed by atoms with Crippen molar-refractivity contribution in [1.82, 2.24) is 0 Å². The Morgan fingerprint density at radius 3 is 2.37 bits per heavy atom. The molecule has 2 N–H and O–H groups in total. The van der Waals surface area contributed by atoms with Crippen molar-refractivity contribution in [2.24, 2.45) is 11.7 Å². The molecule has 0 radical (unpaired) electrons. The molecular weight excluding hydrogens is 234 g/mol. The maximum Gasteiger partial charge on any atom is 0.125 e. The average molecular weight is 263 g/mol. The zero-order valence-electron chi connectivity index (χ0n) is 12.9. The van der Waals surface area contributed by atoms with Gasteiger partial charge in [0, 0.05) is 6.04 Å². The van der Waals surface area contributed by atoms with Gasteiger partial charge in [-0.2, -0.15) is 0 Å². The van der Waals surface area contributed by atoms with Crippen LogP contribution in [-0.2, 0) is 6.42 Å². The predicted octanol–water partition coefficient (Wildman–Crippen LogP) is 4.09. The summed E-state index contributed by atoms with van der Waals surface area (Å²) in [4.78, 5) is 0. The molecule has 1 aromatic rings. The molecule has 2 heteroatoms. The number of para-hydroxylation sites is 1. The highest BCUT2D eigenvalue weighted by Gasteiger charge is 2.12. The van der Waals surface area contributed by atoms with E-state index in [0.717, 1.165) is 25.2 Å². The first-order chi connectivity index (χ1) is 9.12. The quantitative estimate of drug-likeness (QED) is 0.766. The summed E-state index contributed by atoms with van der Waals surface area (Å²) in [5.41, 5.74) is 8.54. The van der Waals surface area contributed by atoms with Crippen LogP contribution in [0, 0.1) is 12.8 Å². The third-order valence-corrected chi connectivity index (χ3v) is 3.92. The molecule has 0 heterocycles. The van der Waals surface area contributed by atoms with Gasteiger partial charge in [0.05, 0.1) is 6.61 Å². The normalized spacial score (nSPS) is 12.7. The number of hydrogen-bond donors (Lipinski definition) is 1. The largest absolute Gasteiger partial charge is 0.493 e. The monoisotopic (exact) mass is 263 g/mol. The molecule has 108 valence electrons. The van der Waals surface area contributed by atoms with Gasteiger partial charge >= 0.3 is 0 Å². The minimum absolute atomic E-state index is 0.220. The van der Waals surface area contributed by atoms with E-state index in [0.29, 0.717) is 5.92 Å². The van der Waals surface area contributed by atoms with Crippen LogP contribution in [0.2, 0.25) is 0 Å². The van der Waals surface area contributed by atoms with E-state index in [-0.39, 0.29) is 6.04 Å². The Kier molecular flexibility index (Phi) is 6.93. The topological polar surface area (TPSA) is 35.2 Å². The van der Waals surface area contributed by atoms with Gasteiger partial charge in [0.1, 0.15) is 5.75 Å². The Morgan fingerprint density at radius 2 is 1.79 bits per heavy atom. The van der Waals surface area contributed by atoms with Crippen molar-refractivity contribution >= 4 is 0 Å². The molecule has 0 aromatic heterocycles. The molecule has 0 saturated heterocycles. The molecule has 0 bridgehead atoms. The van der Waals surface area contributed by atoms with Crippen molar-refractivity contribution in [3.63, 3.8) is 0 Å². The summed E-state index contributed by atoms with van der Waals surface area (Å²) in [6.45, 7) is 9.51. The van der Waals surface area contributed by atoms with Crippen molar-refractivity contribution in [3.05, 3.63) is 29.3 Å². The fraction of sp³-hybridized carbons (Fsp3) is 0.647. The van der Waals surface area contributed by atoms with Gasteiger partial charge in [0.15, 0.2) is 0 Å². The molecule has 1 unspecified atom stereocenters. The number of benzene rings is 1. The molecule has 2 nitrogen and oxygen atoms in total. The van der Waals surface area contributed by atoms with Gasteiger partial charge in [0.25, 0.3) is 0 Å². The van der Waals surface area contributed by atoms with Crippen LogP contribution in [0.1, 0.15) is 51.2 Å². The summed E-state index contributed by atoms with van der Waals surface area (Å²) in [5.74, 6) is 1.70. The van der Waals surface area contributed by atoms with Gasteiger partial charge in [-0.15, -0.1) is 0 Å². The van der Waals surface area contributed by atoms with E-state index >= 15 is 0 Å². The van der Waals surface area contributed by atoms with Crippen LogP contribution in [0.4, 0.5) is 0 Å². The van der Waals surface area contributed by atoms with E-state index in [2.05, 4.69) is 45.9 Å². The van der Waals surface area contributed by atoms with Gasteiger partial charge in [-0.1, -0.05) is 51.8 Å². The van der Waals surface area contributed by atoms with Crippen LogP contribution in [0.15, 0.2) is 18.2 Å². The summed E-state index contributed by atoms with van der Waals surface area (Å²) >= 11 is 0. The minimum atomic E-state index is 0.220. The Balaban J connectivity index is 2.79. The molecular formula is C17H29NO. The average Bonchev–Trinajstić information content (AvgIpc) is 2.42. The summed E-state index contributed by atoms with van der Waals surface area (Å²) in [6.07, 6.45) is 4.24. The van der Waals surface area contributed by atoms with Crippen molar-refractivity contribution in [2.45, 2.75) is 59.4 Å². The van der Waals surface area contributed by atoms with Gasteiger partial charge in [-0.05, 0) is 36.8 Å². The Morgan fingerprint density at radius 1 is 1.11 bits per heavy atom. The lowest BCUT2D eigenvalue weighted by Gasteiger charge is -2.19. The zero-order valence-corrected chi connectivity index (χ0v) is 12.9. The van der Waals surface area contributed by atoms with Gasteiger partial charge in [0.2, 0.25) is 0 Å². The molecule has 1 rings (SSSR count). The third kappa shape index (κ3) is 4.87. The molecule has 0 amide bonds. The summed E-state index contributed by atoms with van der Waals surface area (Å²) in [6, 6.07) is 6.57. The molecule has 0 aliphatic rings. The van der Waals surface area contributed by atoms with Crippen LogP contribution >= 0.6 is 0 Å². The van der Waals surface area contributed by atoms with Crippen LogP contribution in [0.25, 0.3) is 0 Å². The van der Waals surface area contributed by atoms with Crippen molar-refractivity contribution in [3.8, 4) is 5.75 Å². The first-order valence-corrected chi connectivity index (χ1v) is 7.59. The van der Waals surface area contributed by atoms with Crippen LogP contribution in [0.3, 0.4) is 0 Å². The van der Waals surface area contributed by atoms with Crippen molar-refractivity contribution in [2.75, 3.05) is 6.61 Å². The van der Waals surface area contributed by atoms with Crippen molar-refractivity contribution < 1.29 is 4.74 Å². The van der Waals surface area contributed by atoms with Crippen molar-refractivity contribution in [1.29, 1.82) is 0 Å². The van der Waals surface area contributed by atoms with Crippen LogP contribution in [0.5, 0.6) is 5.75 Å². The predicted molar refractivity (Wildman–Crippen MR) is 82.7 cm³/mol. The van der Waals surface area contributed by atoms with E-state index < -0.39 is 0 Å². The highest BCUT2D eigenvalue weighted by Crippen LogP contribution is 2.26. The fourth-order valence-electron chi connectivity index (χ4n) is 2.23. The molecule has 0 aliphatic heterocycles. The number of hydrogen-bond acceptors (Lipinski definition) is 2. The molecule has 19 heavy (non-hydrogen) atoms. The van der Waals surface area contributed by atoms with E-state index in [1.165, 1.54) is 24.0 Å². The Hall–Kier alpha value is -1.02. The third-order valence-electron chi connectivity index (χ3n) is 3.92. The maximum absolute atomic E-state index is 6.10. The number of aryl methyl sites for hydroxylation is 1. The smallest absolute Gasteiger partial charge is 0.125 e. The summed E-state index contributed by atoms with van der Waals surface area (Å²) < 4.78 is 6.10. The zero-order chi connectivity index (χ0) is 14.3. The second kappa shape index (κ2) is 8.21. The van der Waals surface area contributed by atoms with E-state index in [9.17, 15) is 0 Å². The first kappa shape index (κ1) is 16.0. The highest BCUT2D eigenvalue weighted by molar-refractivity contribution is 5.41. The Labute approximate surface area is 118 Å². The summed E-state index contributed by atoms with van der Waals surface area (Å²) in [7, 11) is 0. The molecule has 1 atom stereocenters. The number of nitrogens with two attached hydrogens (primary N) is 1. The molecule has 0 fully saturated rings. The Bertz CT molecular complexity index is 372. The number of rotatable bonds is 8. The lowest BCUT2D eigenvalue weighted by molar-refractivity contribution is 0.237. The SMILES string of the molecule is CCC(N)Cc1cccc(C)c1OCC(CC)CC. The summed E-state index contributed by atoms with van der Waals surface area (Å²) in [5, 5.41) is 0. The van der Waals surface area contributed by atoms with E-state index in [4.69, 9.17) is 10.5 Å². The molecule has 0 spiro atoms. The number of ether oxygens (including phenoxy) is 1. The van der Waals surface area contributed by atoms with Crippen LogP contribution < -0.4 is 10.5 Å². The highest BCUT2D eigenvalue weighted by atomic mass is 16.5. The van der Waals surface area contributed by atoms with E-state index in [1.54, 1.807) is 0 Å². The van der Waals surface area contributed by atoms with E-state index in [1.807, 2.05) is 0 Å². The lowest BCUT2D eigenvalue weighted by atomic mass is 10.0. The first-order valence-electron chi connectivity index (χ1n) is 7.59. The molecule has 0 aliphatic carbocycles. The second-order valence-electron chi connectivity index (χ2n) is 5.43. The standard InChI is InChI=1S/C17H29NO/c1-5-14(6-2)12-19-17-13(4)9-8-10-15(17)11-16(18)7-3/h8-10,14,16H,5-7,11-12,18H2,1-4H3. The lowest BCUT2D eigenvalue weighted by Crippen LogP contribution is -2.22. The second-order valence-corrected chi connectivity index (χ2v) is 5.43. The molecule has 0 saturated carbocycles. The van der Waals surface area contributed by atoms with Gasteiger partial charge in [-0.25, -0.2) is 0 Å². The minimum Gasteiger partial charge on any atom is -0.493 e.